The fourth-order valence-corrected chi connectivity index (χ4v) is 4.37. The van der Waals surface area contributed by atoms with E-state index in [1.165, 1.54) is 23.1 Å². The molecule has 0 bridgehead atoms. The molecule has 2 heterocycles. The van der Waals surface area contributed by atoms with Gasteiger partial charge in [0.2, 0.25) is 5.95 Å². The molecule has 9 heteroatoms. The maximum atomic E-state index is 13.5. The molecule has 2 N–H and O–H groups in total. The van der Waals surface area contributed by atoms with Crippen LogP contribution in [0.25, 0.3) is 5.69 Å². The van der Waals surface area contributed by atoms with E-state index < -0.39 is 11.6 Å². The van der Waals surface area contributed by atoms with Crippen molar-refractivity contribution in [3.05, 3.63) is 59.9 Å². The topological polar surface area (TPSA) is 67.2 Å². The lowest BCUT2D eigenvalue weighted by atomic mass is 9.85. The lowest BCUT2D eigenvalue weighted by molar-refractivity contribution is -0.00436. The highest BCUT2D eigenvalue weighted by molar-refractivity contribution is 5.63. The zero-order valence-electron chi connectivity index (χ0n) is 17.9. The van der Waals surface area contributed by atoms with Crippen molar-refractivity contribution >= 4 is 17.3 Å². The summed E-state index contributed by atoms with van der Waals surface area (Å²) in [6.07, 6.45) is 3.69. The molecule has 0 radical (unpaired) electrons. The molecule has 0 atom stereocenters. The van der Waals surface area contributed by atoms with E-state index in [2.05, 4.69) is 31.7 Å². The maximum Gasteiger partial charge on any atom is 0.246 e. The summed E-state index contributed by atoms with van der Waals surface area (Å²) in [6.45, 7) is 5.75. The highest BCUT2D eigenvalue weighted by Gasteiger charge is 2.34. The molecule has 0 unspecified atom stereocenters. The molecule has 1 saturated heterocycles. The van der Waals surface area contributed by atoms with Crippen LogP contribution in [0.2, 0.25) is 0 Å². The summed E-state index contributed by atoms with van der Waals surface area (Å²) in [6, 6.07) is 10.5. The van der Waals surface area contributed by atoms with E-state index in [0.717, 1.165) is 62.1 Å². The number of hydrogen-bond acceptors (Lipinski definition) is 6. The number of hydrogen-bond donors (Lipinski definition) is 2. The Bertz CT molecular complexity index is 1080. The summed E-state index contributed by atoms with van der Waals surface area (Å²) in [4.78, 5) is 6.74. The van der Waals surface area contributed by atoms with Crippen LogP contribution in [0.3, 0.4) is 0 Å². The van der Waals surface area contributed by atoms with Crippen LogP contribution in [0, 0.1) is 18.6 Å². The molecular weight excluding hydrogens is 414 g/mol. The fourth-order valence-electron chi connectivity index (χ4n) is 4.37. The highest BCUT2D eigenvalue weighted by atomic mass is 19.1. The Morgan fingerprint density at radius 1 is 1.00 bits per heavy atom. The SMILES string of the molecule is Cc1cc(Nc2ncn(-c3cc(F)cc(F)c3)n2)cc(NC2CC(N3CCOCC3)C2)c1.[HH]. The molecule has 1 aliphatic heterocycles. The third-order valence-corrected chi connectivity index (χ3v) is 5.98. The average Bonchev–Trinajstić information content (AvgIpc) is 3.18. The zero-order chi connectivity index (χ0) is 22.1. The first-order valence-electron chi connectivity index (χ1n) is 10.9. The number of nitrogens with one attached hydrogen (secondary N) is 2. The minimum Gasteiger partial charge on any atom is -0.382 e. The van der Waals surface area contributed by atoms with Crippen LogP contribution in [0.4, 0.5) is 26.1 Å². The normalized spacial score (nSPS) is 21.2. The van der Waals surface area contributed by atoms with Crippen molar-refractivity contribution in [1.29, 1.82) is 0 Å². The van der Waals surface area contributed by atoms with Crippen molar-refractivity contribution < 1.29 is 14.9 Å². The predicted octanol–water partition coefficient (Wildman–Crippen LogP) is 4.12. The molecule has 2 aromatic carbocycles. The van der Waals surface area contributed by atoms with Crippen LogP contribution in [-0.2, 0) is 4.74 Å². The van der Waals surface area contributed by atoms with E-state index >= 15 is 0 Å². The number of anilines is 3. The summed E-state index contributed by atoms with van der Waals surface area (Å²) in [5, 5.41) is 11.1. The van der Waals surface area contributed by atoms with Crippen LogP contribution in [-0.4, -0.2) is 58.1 Å². The average molecular weight is 443 g/mol. The lowest BCUT2D eigenvalue weighted by Gasteiger charge is -2.45. The van der Waals surface area contributed by atoms with Gasteiger partial charge in [0, 0.05) is 44.0 Å². The van der Waals surface area contributed by atoms with Gasteiger partial charge in [-0.15, -0.1) is 5.10 Å². The van der Waals surface area contributed by atoms with E-state index in [1.54, 1.807) is 0 Å². The number of aryl methyl sites for hydroxylation is 1. The first-order valence-corrected chi connectivity index (χ1v) is 10.9. The Morgan fingerprint density at radius 2 is 1.72 bits per heavy atom. The van der Waals surface area contributed by atoms with Gasteiger partial charge in [-0.1, -0.05) is 0 Å². The molecule has 2 fully saturated rings. The molecule has 0 spiro atoms. The summed E-state index contributed by atoms with van der Waals surface area (Å²) in [7, 11) is 0. The molecule has 1 saturated carbocycles. The monoisotopic (exact) mass is 442 g/mol. The van der Waals surface area contributed by atoms with Crippen LogP contribution in [0.15, 0.2) is 42.7 Å². The molecule has 7 nitrogen and oxygen atoms in total. The van der Waals surface area contributed by atoms with Crippen molar-refractivity contribution in [2.24, 2.45) is 0 Å². The van der Waals surface area contributed by atoms with Gasteiger partial charge in [0.25, 0.3) is 0 Å². The molecule has 170 valence electrons. The number of nitrogens with zero attached hydrogens (tertiary/aromatic N) is 4. The zero-order valence-corrected chi connectivity index (χ0v) is 17.9. The second-order valence-electron chi connectivity index (χ2n) is 8.47. The summed E-state index contributed by atoms with van der Waals surface area (Å²) in [5.74, 6) is -0.972. The Kier molecular flexibility index (Phi) is 5.75. The minimum atomic E-state index is -0.661. The number of rotatable bonds is 6. The van der Waals surface area contributed by atoms with Gasteiger partial charge in [-0.3, -0.25) is 4.90 Å². The van der Waals surface area contributed by atoms with E-state index in [-0.39, 0.29) is 7.11 Å². The van der Waals surface area contributed by atoms with Gasteiger partial charge in [0.15, 0.2) is 0 Å². The van der Waals surface area contributed by atoms with Gasteiger partial charge in [-0.2, -0.15) is 4.98 Å². The summed E-state index contributed by atoms with van der Waals surface area (Å²) >= 11 is 0. The van der Waals surface area contributed by atoms with Gasteiger partial charge >= 0.3 is 0 Å². The van der Waals surface area contributed by atoms with E-state index in [9.17, 15) is 8.78 Å². The first kappa shape index (κ1) is 20.8. The van der Waals surface area contributed by atoms with E-state index in [4.69, 9.17) is 4.74 Å². The fraction of sp³-hybridized carbons (Fsp3) is 0.391. The van der Waals surface area contributed by atoms with Crippen LogP contribution in [0.5, 0.6) is 0 Å². The second-order valence-corrected chi connectivity index (χ2v) is 8.47. The molecule has 1 aliphatic carbocycles. The van der Waals surface area contributed by atoms with Crippen LogP contribution in [0.1, 0.15) is 19.8 Å². The number of morpholine rings is 1. The third kappa shape index (κ3) is 4.73. The number of benzene rings is 2. The standard InChI is InChI=1S/C23H26F2N6O.H2/c1-15-6-18(27-20-12-21(13-20)30-2-4-32-5-3-30)11-19(7-15)28-23-26-14-31(29-23)22-9-16(24)8-17(25)10-22;/h6-11,14,20-21,27H,2-5,12-13H2,1H3,(H,28,29);1H. The first-order chi connectivity index (χ1) is 15.5. The number of halogens is 2. The molecule has 1 aromatic heterocycles. The second kappa shape index (κ2) is 8.84. The smallest absolute Gasteiger partial charge is 0.246 e. The van der Waals surface area contributed by atoms with Crippen molar-refractivity contribution in [1.82, 2.24) is 19.7 Å². The van der Waals surface area contributed by atoms with E-state index in [1.807, 2.05) is 19.1 Å². The Hall–Kier alpha value is -3.04. The third-order valence-electron chi connectivity index (χ3n) is 5.98. The van der Waals surface area contributed by atoms with Crippen molar-refractivity contribution in [3.63, 3.8) is 0 Å². The molecule has 32 heavy (non-hydrogen) atoms. The highest BCUT2D eigenvalue weighted by Crippen LogP contribution is 2.30. The van der Waals surface area contributed by atoms with Crippen LogP contribution >= 0.6 is 0 Å². The Morgan fingerprint density at radius 3 is 2.47 bits per heavy atom. The molecule has 3 aromatic rings. The minimum absolute atomic E-state index is 0. The largest absolute Gasteiger partial charge is 0.382 e. The van der Waals surface area contributed by atoms with Gasteiger partial charge in [0.05, 0.1) is 18.9 Å². The van der Waals surface area contributed by atoms with Gasteiger partial charge < -0.3 is 15.4 Å². The lowest BCUT2D eigenvalue weighted by Crippen LogP contribution is -2.53. The Labute approximate surface area is 186 Å². The number of aromatic nitrogens is 3. The van der Waals surface area contributed by atoms with Crippen LogP contribution < -0.4 is 10.6 Å². The quantitative estimate of drug-likeness (QED) is 0.599. The number of ether oxygens (including phenoxy) is 1. The summed E-state index contributed by atoms with van der Waals surface area (Å²) in [5.41, 5.74) is 3.27. The van der Waals surface area contributed by atoms with Gasteiger partial charge in [-0.25, -0.2) is 13.5 Å². The summed E-state index contributed by atoms with van der Waals surface area (Å²) < 4.78 is 33.8. The molecular formula is C23H28F2N6O. The van der Waals surface area contributed by atoms with E-state index in [0.29, 0.717) is 18.0 Å². The van der Waals surface area contributed by atoms with Gasteiger partial charge in [0.1, 0.15) is 18.0 Å². The van der Waals surface area contributed by atoms with Crippen molar-refractivity contribution in [2.75, 3.05) is 36.9 Å². The van der Waals surface area contributed by atoms with Gasteiger partial charge in [-0.05, 0) is 55.7 Å². The van der Waals surface area contributed by atoms with Crippen molar-refractivity contribution in [2.45, 2.75) is 31.8 Å². The molecule has 5 rings (SSSR count). The predicted molar refractivity (Wildman–Crippen MR) is 121 cm³/mol. The molecule has 2 aliphatic rings. The Balaban J connectivity index is 0.00000259. The molecule has 0 amide bonds. The maximum absolute atomic E-state index is 13.5. The van der Waals surface area contributed by atoms with Crippen molar-refractivity contribution in [3.8, 4) is 5.69 Å².